The topological polar surface area (TPSA) is 99.1 Å². The summed E-state index contributed by atoms with van der Waals surface area (Å²) in [4.78, 5) is 41.3. The van der Waals surface area contributed by atoms with Crippen molar-refractivity contribution in [3.05, 3.63) is 66.2 Å². The van der Waals surface area contributed by atoms with Gasteiger partial charge in [0.2, 0.25) is 0 Å². The first-order valence-electron chi connectivity index (χ1n) is 19.2. The molecule has 274 valence electrons. The second-order valence-corrected chi connectivity index (χ2v) is 18.1. The highest BCUT2D eigenvalue weighted by Crippen LogP contribution is 2.75. The van der Waals surface area contributed by atoms with Gasteiger partial charge in [-0.15, -0.1) is 0 Å². The maximum atomic E-state index is 14.7. The van der Waals surface area contributed by atoms with Gasteiger partial charge in [0, 0.05) is 5.92 Å². The number of para-hydroxylation sites is 1. The lowest BCUT2D eigenvalue weighted by atomic mass is 9.33. The van der Waals surface area contributed by atoms with Crippen LogP contribution in [0.15, 0.2) is 66.2 Å². The zero-order chi connectivity index (χ0) is 36.6. The van der Waals surface area contributed by atoms with Crippen LogP contribution in [0, 0.1) is 56.7 Å². The van der Waals surface area contributed by atoms with Crippen LogP contribution in [0.2, 0.25) is 0 Å². The molecule has 4 fully saturated rings. The molecule has 0 heterocycles. The van der Waals surface area contributed by atoms with Crippen LogP contribution in [0.5, 0.6) is 17.2 Å². The zero-order valence-electron chi connectivity index (χ0n) is 31.5. The fraction of sp³-hybridized carbons (Fsp3) is 0.614. The standard InChI is InChI=1S/C44H56O7/c1-27-17-20-40(3)23-24-42(5)32(37(40)28(27)2)25-33(45)38-41(4)21-19-35(44(7,39(47)48)34(41)18-22-43(38,42)6)51-36(46)26-49-29-13-15-31(16-14-29)50-30-11-9-8-10-12-30/h8-16,25,27-28,34-35,37-38H,17-24,26H2,1-7H3,(H,47,48)/t27-,28+,34-,35-,37+,38-,40-,41+,42-,43-,44-/m1/s1. The fourth-order valence-electron chi connectivity index (χ4n) is 12.4. The molecule has 2 aromatic carbocycles. The molecule has 0 aromatic heterocycles. The Balaban J connectivity index is 1.09. The summed E-state index contributed by atoms with van der Waals surface area (Å²) in [5.74, 6) is 1.38. The number of carboxylic acids is 1. The molecule has 4 saturated carbocycles. The van der Waals surface area contributed by atoms with Crippen molar-refractivity contribution in [2.75, 3.05) is 6.61 Å². The van der Waals surface area contributed by atoms with Gasteiger partial charge < -0.3 is 19.3 Å². The van der Waals surface area contributed by atoms with Crippen molar-refractivity contribution in [1.82, 2.24) is 0 Å². The first-order valence-corrected chi connectivity index (χ1v) is 19.2. The van der Waals surface area contributed by atoms with Crippen molar-refractivity contribution in [2.45, 2.75) is 106 Å². The van der Waals surface area contributed by atoms with E-state index in [4.69, 9.17) is 14.2 Å². The van der Waals surface area contributed by atoms with Gasteiger partial charge in [0.1, 0.15) is 28.8 Å². The average molecular weight is 697 g/mol. The third-order valence-electron chi connectivity index (χ3n) is 15.6. The molecule has 1 N–H and O–H groups in total. The Hall–Kier alpha value is -3.61. The molecule has 5 aliphatic carbocycles. The average Bonchev–Trinajstić information content (AvgIpc) is 3.09. The summed E-state index contributed by atoms with van der Waals surface area (Å²) in [6, 6.07) is 16.4. The molecular weight excluding hydrogens is 640 g/mol. The van der Waals surface area contributed by atoms with E-state index in [1.807, 2.05) is 30.3 Å². The minimum Gasteiger partial charge on any atom is -0.482 e. The first kappa shape index (κ1) is 35.8. The van der Waals surface area contributed by atoms with Crippen molar-refractivity contribution >= 4 is 17.7 Å². The lowest BCUT2D eigenvalue weighted by Gasteiger charge is -2.70. The van der Waals surface area contributed by atoms with E-state index in [9.17, 15) is 19.5 Å². The maximum Gasteiger partial charge on any atom is 0.344 e. The van der Waals surface area contributed by atoms with Crippen LogP contribution in [0.1, 0.15) is 99.8 Å². The normalized spacial score (nSPS) is 41.5. The van der Waals surface area contributed by atoms with E-state index in [2.05, 4.69) is 47.6 Å². The lowest BCUT2D eigenvalue weighted by Crippen LogP contribution is -2.68. The molecule has 0 saturated heterocycles. The van der Waals surface area contributed by atoms with Crippen molar-refractivity contribution in [3.8, 4) is 17.2 Å². The van der Waals surface area contributed by atoms with E-state index in [-0.39, 0.29) is 40.5 Å². The Morgan fingerprint density at radius 3 is 2.16 bits per heavy atom. The summed E-state index contributed by atoms with van der Waals surface area (Å²) < 4.78 is 17.6. The second-order valence-electron chi connectivity index (χ2n) is 18.1. The van der Waals surface area contributed by atoms with Gasteiger partial charge in [-0.05, 0) is 146 Å². The molecule has 7 rings (SSSR count). The smallest absolute Gasteiger partial charge is 0.344 e. The van der Waals surface area contributed by atoms with Gasteiger partial charge in [0.15, 0.2) is 12.4 Å². The lowest BCUT2D eigenvalue weighted by molar-refractivity contribution is -0.221. The summed E-state index contributed by atoms with van der Waals surface area (Å²) in [6.07, 6.45) is 8.38. The van der Waals surface area contributed by atoms with Gasteiger partial charge in [0.25, 0.3) is 0 Å². The van der Waals surface area contributed by atoms with Crippen LogP contribution in [-0.2, 0) is 19.1 Å². The number of hydrogen-bond donors (Lipinski definition) is 1. The van der Waals surface area contributed by atoms with Crippen molar-refractivity contribution in [1.29, 1.82) is 0 Å². The molecule has 0 bridgehead atoms. The van der Waals surface area contributed by atoms with E-state index < -0.39 is 28.9 Å². The highest BCUT2D eigenvalue weighted by molar-refractivity contribution is 5.96. The summed E-state index contributed by atoms with van der Waals surface area (Å²) >= 11 is 0. The predicted octanol–water partition coefficient (Wildman–Crippen LogP) is 9.69. The quantitative estimate of drug-likeness (QED) is 0.288. The van der Waals surface area contributed by atoms with Gasteiger partial charge >= 0.3 is 11.9 Å². The summed E-state index contributed by atoms with van der Waals surface area (Å²) in [5.41, 5.74) is -0.694. The van der Waals surface area contributed by atoms with E-state index >= 15 is 0 Å². The molecule has 0 aliphatic heterocycles. The number of carbonyl (C=O) groups excluding carboxylic acids is 2. The number of benzene rings is 2. The molecule has 0 amide bonds. The van der Waals surface area contributed by atoms with Crippen LogP contribution in [0.25, 0.3) is 0 Å². The van der Waals surface area contributed by atoms with Gasteiger partial charge in [0.05, 0.1) is 0 Å². The number of esters is 1. The number of aliphatic carboxylic acids is 1. The minimum atomic E-state index is -1.34. The molecular formula is C44H56O7. The number of ketones is 1. The van der Waals surface area contributed by atoms with E-state index in [1.54, 1.807) is 31.2 Å². The first-order chi connectivity index (χ1) is 24.1. The largest absolute Gasteiger partial charge is 0.482 e. The number of ether oxygens (including phenoxy) is 3. The number of allylic oxidation sites excluding steroid dienone is 2. The second kappa shape index (κ2) is 12.5. The number of rotatable bonds is 7. The summed E-state index contributed by atoms with van der Waals surface area (Å²) in [7, 11) is 0. The van der Waals surface area contributed by atoms with Gasteiger partial charge in [-0.2, -0.15) is 0 Å². The van der Waals surface area contributed by atoms with E-state index in [0.29, 0.717) is 48.5 Å². The Bertz CT molecular complexity index is 1720. The Morgan fingerprint density at radius 1 is 0.804 bits per heavy atom. The van der Waals surface area contributed by atoms with Crippen molar-refractivity contribution in [3.63, 3.8) is 0 Å². The van der Waals surface area contributed by atoms with Gasteiger partial charge in [-0.25, -0.2) is 4.79 Å². The summed E-state index contributed by atoms with van der Waals surface area (Å²) in [5, 5.41) is 10.9. The van der Waals surface area contributed by atoms with Gasteiger partial charge in [-0.3, -0.25) is 9.59 Å². The van der Waals surface area contributed by atoms with Crippen LogP contribution in [0.4, 0.5) is 0 Å². The SMILES string of the molecule is C[C@H]1[C@H](C)CC[C@]2(C)CC[C@]3(C)C(=CC(=O)[C@@H]4[C@@]5(C)CC[C@@H](OC(=O)COc6ccc(Oc7ccccc7)cc6)[C@](C)(C(=O)O)[C@@H]5CC[C@]43C)[C@H]12. The van der Waals surface area contributed by atoms with Crippen LogP contribution < -0.4 is 9.47 Å². The maximum absolute atomic E-state index is 14.7. The fourth-order valence-corrected chi connectivity index (χ4v) is 12.4. The van der Waals surface area contributed by atoms with Crippen LogP contribution >= 0.6 is 0 Å². The molecule has 0 unspecified atom stereocenters. The molecule has 0 radical (unpaired) electrons. The van der Waals surface area contributed by atoms with Crippen LogP contribution in [0.3, 0.4) is 0 Å². The Kier molecular flexibility index (Phi) is 8.78. The van der Waals surface area contributed by atoms with E-state index in [0.717, 1.165) is 25.0 Å². The van der Waals surface area contributed by atoms with Crippen molar-refractivity contribution in [2.24, 2.45) is 56.7 Å². The number of carbonyl (C=O) groups is 3. The third kappa shape index (κ3) is 5.46. The number of fused-ring (bicyclic) bond motifs is 7. The predicted molar refractivity (Wildman–Crippen MR) is 195 cm³/mol. The molecule has 5 aliphatic rings. The highest BCUT2D eigenvalue weighted by atomic mass is 16.6. The minimum absolute atomic E-state index is 0.124. The molecule has 11 atom stereocenters. The molecule has 0 spiro atoms. The Labute approximate surface area is 303 Å². The Morgan fingerprint density at radius 2 is 1.47 bits per heavy atom. The molecule has 7 nitrogen and oxygen atoms in total. The third-order valence-corrected chi connectivity index (χ3v) is 15.6. The molecule has 7 heteroatoms. The van der Waals surface area contributed by atoms with Crippen LogP contribution in [-0.4, -0.2) is 35.5 Å². The summed E-state index contributed by atoms with van der Waals surface area (Å²) in [6.45, 7) is 15.6. The van der Waals surface area contributed by atoms with E-state index in [1.165, 1.54) is 18.4 Å². The number of carboxylic acid groups (broad SMARTS) is 1. The zero-order valence-corrected chi connectivity index (χ0v) is 31.5. The monoisotopic (exact) mass is 696 g/mol. The van der Waals surface area contributed by atoms with Crippen molar-refractivity contribution < 1.29 is 33.7 Å². The van der Waals surface area contributed by atoms with Gasteiger partial charge in [-0.1, -0.05) is 65.3 Å². The molecule has 51 heavy (non-hydrogen) atoms. The molecule has 2 aromatic rings. The highest BCUT2D eigenvalue weighted by Gasteiger charge is 2.72. The number of hydrogen-bond acceptors (Lipinski definition) is 6.